The molecule has 1 rings (SSSR count). The maximum absolute atomic E-state index is 11.6. The van der Waals surface area contributed by atoms with E-state index in [1.54, 1.807) is 11.8 Å². The zero-order chi connectivity index (χ0) is 11.4. The molecule has 0 spiro atoms. The number of rotatable bonds is 4. The van der Waals surface area contributed by atoms with Crippen LogP contribution in [0.1, 0.15) is 27.2 Å². The molecule has 0 bridgehead atoms. The van der Waals surface area contributed by atoms with Crippen LogP contribution in [0.25, 0.3) is 0 Å². The number of amides is 1. The van der Waals surface area contributed by atoms with E-state index in [4.69, 9.17) is 10.5 Å². The second-order valence-electron chi connectivity index (χ2n) is 4.71. The van der Waals surface area contributed by atoms with E-state index in [-0.39, 0.29) is 24.4 Å². The summed E-state index contributed by atoms with van der Waals surface area (Å²) in [4.78, 5) is 13.4. The van der Waals surface area contributed by atoms with Gasteiger partial charge in [0, 0.05) is 19.7 Å². The SMILES string of the molecule is CC(C)COC1CCN(C(=O)C(C)N)C1.Cl. The molecule has 1 aliphatic rings. The Morgan fingerprint density at radius 1 is 1.50 bits per heavy atom. The minimum absolute atomic E-state index is 0. The molecule has 0 aromatic carbocycles. The molecule has 2 atom stereocenters. The number of hydrogen-bond acceptors (Lipinski definition) is 3. The Kier molecular flexibility index (Phi) is 6.95. The lowest BCUT2D eigenvalue weighted by Gasteiger charge is -2.19. The summed E-state index contributed by atoms with van der Waals surface area (Å²) in [7, 11) is 0. The smallest absolute Gasteiger partial charge is 0.239 e. The normalized spacial score (nSPS) is 22.1. The van der Waals surface area contributed by atoms with Gasteiger partial charge in [-0.15, -0.1) is 12.4 Å². The van der Waals surface area contributed by atoms with Gasteiger partial charge in [-0.3, -0.25) is 4.79 Å². The van der Waals surface area contributed by atoms with Gasteiger partial charge in [-0.05, 0) is 19.3 Å². The molecule has 4 nitrogen and oxygen atoms in total. The highest BCUT2D eigenvalue weighted by atomic mass is 35.5. The van der Waals surface area contributed by atoms with Crippen LogP contribution in [0.3, 0.4) is 0 Å². The predicted octanol–water partition coefficient (Wildman–Crippen LogP) is 1.03. The van der Waals surface area contributed by atoms with Crippen molar-refractivity contribution in [1.82, 2.24) is 4.90 Å². The van der Waals surface area contributed by atoms with Gasteiger partial charge < -0.3 is 15.4 Å². The van der Waals surface area contributed by atoms with Gasteiger partial charge >= 0.3 is 0 Å². The van der Waals surface area contributed by atoms with Crippen molar-refractivity contribution < 1.29 is 9.53 Å². The van der Waals surface area contributed by atoms with Gasteiger partial charge in [0.1, 0.15) is 0 Å². The molecule has 1 heterocycles. The maximum Gasteiger partial charge on any atom is 0.239 e. The predicted molar refractivity (Wildman–Crippen MR) is 66.7 cm³/mol. The number of ether oxygens (including phenoxy) is 1. The second-order valence-corrected chi connectivity index (χ2v) is 4.71. The van der Waals surface area contributed by atoms with Gasteiger partial charge in [0.2, 0.25) is 5.91 Å². The Morgan fingerprint density at radius 2 is 2.12 bits per heavy atom. The van der Waals surface area contributed by atoms with Crippen molar-refractivity contribution in [3.05, 3.63) is 0 Å². The van der Waals surface area contributed by atoms with Crippen LogP contribution in [0.5, 0.6) is 0 Å². The number of carbonyl (C=O) groups is 1. The number of halogens is 1. The largest absolute Gasteiger partial charge is 0.376 e. The second kappa shape index (κ2) is 7.09. The van der Waals surface area contributed by atoms with E-state index in [1.807, 2.05) is 0 Å². The first kappa shape index (κ1) is 15.7. The molecule has 0 saturated carbocycles. The molecular weight excluding hydrogens is 228 g/mol. The number of nitrogens with two attached hydrogens (primary N) is 1. The lowest BCUT2D eigenvalue weighted by atomic mass is 10.2. The molecule has 0 radical (unpaired) electrons. The molecule has 2 N–H and O–H groups in total. The first-order valence-electron chi connectivity index (χ1n) is 5.66. The van der Waals surface area contributed by atoms with Crippen molar-refractivity contribution >= 4 is 18.3 Å². The molecule has 1 saturated heterocycles. The van der Waals surface area contributed by atoms with Crippen LogP contribution in [0.4, 0.5) is 0 Å². The Morgan fingerprint density at radius 3 is 2.62 bits per heavy atom. The number of hydrogen-bond donors (Lipinski definition) is 1. The summed E-state index contributed by atoms with van der Waals surface area (Å²) in [6.45, 7) is 8.23. The molecule has 1 fully saturated rings. The number of likely N-dealkylation sites (tertiary alicyclic amines) is 1. The Labute approximate surface area is 104 Å². The van der Waals surface area contributed by atoms with E-state index < -0.39 is 6.04 Å². The summed E-state index contributed by atoms with van der Waals surface area (Å²) < 4.78 is 5.69. The molecule has 16 heavy (non-hydrogen) atoms. The van der Waals surface area contributed by atoms with Crippen molar-refractivity contribution in [3.8, 4) is 0 Å². The third-order valence-electron chi connectivity index (χ3n) is 2.51. The average Bonchev–Trinajstić information content (AvgIpc) is 2.61. The Hall–Kier alpha value is -0.320. The zero-order valence-corrected chi connectivity index (χ0v) is 11.1. The molecule has 1 amide bonds. The molecule has 1 aliphatic heterocycles. The molecule has 2 unspecified atom stereocenters. The van der Waals surface area contributed by atoms with Crippen LogP contribution >= 0.6 is 12.4 Å². The molecule has 0 aromatic rings. The first-order valence-corrected chi connectivity index (χ1v) is 5.66. The molecule has 0 aromatic heterocycles. The van der Waals surface area contributed by atoms with Crippen LogP contribution < -0.4 is 5.73 Å². The van der Waals surface area contributed by atoms with Crippen molar-refractivity contribution in [2.24, 2.45) is 11.7 Å². The van der Waals surface area contributed by atoms with Crippen LogP contribution in [-0.2, 0) is 9.53 Å². The molecular formula is C11H23ClN2O2. The number of carbonyl (C=O) groups excluding carboxylic acids is 1. The van der Waals surface area contributed by atoms with Crippen LogP contribution in [0.15, 0.2) is 0 Å². The van der Waals surface area contributed by atoms with E-state index in [0.717, 1.165) is 19.6 Å². The van der Waals surface area contributed by atoms with Gasteiger partial charge in [-0.25, -0.2) is 0 Å². The van der Waals surface area contributed by atoms with E-state index >= 15 is 0 Å². The van der Waals surface area contributed by atoms with Crippen LogP contribution in [0.2, 0.25) is 0 Å². The van der Waals surface area contributed by atoms with Gasteiger partial charge in [0.15, 0.2) is 0 Å². The highest BCUT2D eigenvalue weighted by molar-refractivity contribution is 5.85. The van der Waals surface area contributed by atoms with E-state index in [9.17, 15) is 4.79 Å². The molecule has 5 heteroatoms. The van der Waals surface area contributed by atoms with E-state index in [0.29, 0.717) is 12.5 Å². The monoisotopic (exact) mass is 250 g/mol. The highest BCUT2D eigenvalue weighted by Crippen LogP contribution is 2.14. The highest BCUT2D eigenvalue weighted by Gasteiger charge is 2.28. The van der Waals surface area contributed by atoms with E-state index in [2.05, 4.69) is 13.8 Å². The fraction of sp³-hybridized carbons (Fsp3) is 0.909. The summed E-state index contributed by atoms with van der Waals surface area (Å²) in [6, 6.07) is -0.395. The quantitative estimate of drug-likeness (QED) is 0.811. The van der Waals surface area contributed by atoms with Gasteiger partial charge in [0.25, 0.3) is 0 Å². The minimum atomic E-state index is -0.395. The summed E-state index contributed by atoms with van der Waals surface area (Å²) in [5.74, 6) is 0.578. The molecule has 96 valence electrons. The fourth-order valence-corrected chi connectivity index (χ4v) is 1.68. The summed E-state index contributed by atoms with van der Waals surface area (Å²) in [5.41, 5.74) is 5.55. The average molecular weight is 251 g/mol. The van der Waals surface area contributed by atoms with Crippen LogP contribution in [0, 0.1) is 5.92 Å². The van der Waals surface area contributed by atoms with E-state index in [1.165, 1.54) is 0 Å². The van der Waals surface area contributed by atoms with Gasteiger partial charge in [-0.2, -0.15) is 0 Å². The van der Waals surface area contributed by atoms with Crippen molar-refractivity contribution in [2.75, 3.05) is 19.7 Å². The minimum Gasteiger partial charge on any atom is -0.376 e. The Balaban J connectivity index is 0.00000225. The third-order valence-corrected chi connectivity index (χ3v) is 2.51. The Bertz CT molecular complexity index is 222. The summed E-state index contributed by atoms with van der Waals surface area (Å²) >= 11 is 0. The lowest BCUT2D eigenvalue weighted by Crippen LogP contribution is -2.41. The van der Waals surface area contributed by atoms with Gasteiger partial charge in [-0.1, -0.05) is 13.8 Å². The van der Waals surface area contributed by atoms with Crippen LogP contribution in [-0.4, -0.2) is 42.6 Å². The van der Waals surface area contributed by atoms with Gasteiger partial charge in [0.05, 0.1) is 12.1 Å². The van der Waals surface area contributed by atoms with Crippen molar-refractivity contribution in [3.63, 3.8) is 0 Å². The van der Waals surface area contributed by atoms with Crippen molar-refractivity contribution in [1.29, 1.82) is 0 Å². The standard InChI is InChI=1S/C11H22N2O2.ClH/c1-8(2)7-15-10-4-5-13(6-10)11(14)9(3)12;/h8-10H,4-7,12H2,1-3H3;1H. The summed E-state index contributed by atoms with van der Waals surface area (Å²) in [5, 5.41) is 0. The molecule has 0 aliphatic carbocycles. The maximum atomic E-state index is 11.6. The fourth-order valence-electron chi connectivity index (χ4n) is 1.68. The summed E-state index contributed by atoms with van der Waals surface area (Å²) in [6.07, 6.45) is 1.14. The lowest BCUT2D eigenvalue weighted by molar-refractivity contribution is -0.131. The topological polar surface area (TPSA) is 55.6 Å². The van der Waals surface area contributed by atoms with Crippen molar-refractivity contribution in [2.45, 2.75) is 39.3 Å². The zero-order valence-electron chi connectivity index (χ0n) is 10.3. The first-order chi connectivity index (χ1) is 7.00. The third kappa shape index (κ3) is 4.68. The number of nitrogens with zero attached hydrogens (tertiary/aromatic N) is 1.